The van der Waals surface area contributed by atoms with E-state index in [1.54, 1.807) is 6.92 Å². The van der Waals surface area contributed by atoms with Gasteiger partial charge >= 0.3 is 5.97 Å². The molecule has 0 fully saturated rings. The Morgan fingerprint density at radius 2 is 1.95 bits per heavy atom. The van der Waals surface area contributed by atoms with Crippen molar-refractivity contribution < 1.29 is 9.53 Å². The summed E-state index contributed by atoms with van der Waals surface area (Å²) in [4.78, 5) is 23.5. The maximum Gasteiger partial charge on any atom is 0.346 e. The summed E-state index contributed by atoms with van der Waals surface area (Å²) in [7, 11) is 0. The number of nitrogen functional groups attached to an aromatic ring is 1. The first-order valence-electron chi connectivity index (χ1n) is 5.68. The van der Waals surface area contributed by atoms with Crippen molar-refractivity contribution in [3.05, 3.63) is 38.1 Å². The van der Waals surface area contributed by atoms with Gasteiger partial charge < -0.3 is 10.5 Å². The lowest BCUT2D eigenvalue weighted by molar-refractivity contribution is 0.0526. The molecule has 1 aromatic carbocycles. The van der Waals surface area contributed by atoms with E-state index in [0.29, 0.717) is 5.56 Å². The quantitative estimate of drug-likeness (QED) is 0.598. The summed E-state index contributed by atoms with van der Waals surface area (Å²) in [5, 5.41) is 5.46. The molecule has 1 aromatic heterocycles. The lowest BCUT2D eigenvalue weighted by Crippen LogP contribution is -2.16. The standard InChI is InChI=1S/C12H11Cl2N3O3/c1-2-20-12(19)9-10(16-17-11(9)18)5-3-6(13)7(14)4-8(5)15/h3-4H,2,15H2,1H3,(H2,16,17,18). The van der Waals surface area contributed by atoms with Gasteiger partial charge in [-0.2, -0.15) is 0 Å². The summed E-state index contributed by atoms with van der Waals surface area (Å²) in [6, 6.07) is 2.92. The first-order chi connectivity index (χ1) is 9.45. The Balaban J connectivity index is 2.63. The molecule has 20 heavy (non-hydrogen) atoms. The molecule has 106 valence electrons. The number of H-pyrrole nitrogens is 2. The van der Waals surface area contributed by atoms with Crippen LogP contribution in [0.4, 0.5) is 5.69 Å². The van der Waals surface area contributed by atoms with Crippen molar-refractivity contribution in [1.29, 1.82) is 0 Å². The molecule has 0 radical (unpaired) electrons. The van der Waals surface area contributed by atoms with Crippen LogP contribution in [0, 0.1) is 0 Å². The van der Waals surface area contributed by atoms with Crippen LogP contribution in [-0.2, 0) is 4.74 Å². The van der Waals surface area contributed by atoms with Gasteiger partial charge in [0.2, 0.25) is 0 Å². The molecule has 4 N–H and O–H groups in total. The number of esters is 1. The van der Waals surface area contributed by atoms with Crippen LogP contribution in [0.5, 0.6) is 0 Å². The maximum atomic E-state index is 11.8. The van der Waals surface area contributed by atoms with Gasteiger partial charge in [-0.3, -0.25) is 15.0 Å². The minimum absolute atomic E-state index is 0.153. The Morgan fingerprint density at radius 3 is 2.60 bits per heavy atom. The molecule has 0 aliphatic heterocycles. The van der Waals surface area contributed by atoms with Crippen molar-refractivity contribution in [2.24, 2.45) is 0 Å². The normalized spacial score (nSPS) is 10.6. The number of carbonyl (C=O) groups is 1. The number of hydrogen-bond acceptors (Lipinski definition) is 4. The molecule has 0 unspecified atom stereocenters. The Labute approximate surface area is 123 Å². The van der Waals surface area contributed by atoms with Gasteiger partial charge in [-0.1, -0.05) is 23.2 Å². The largest absolute Gasteiger partial charge is 0.462 e. The Kier molecular flexibility index (Phi) is 4.06. The van der Waals surface area contributed by atoms with Gasteiger partial charge in [0.15, 0.2) is 5.56 Å². The highest BCUT2D eigenvalue weighted by molar-refractivity contribution is 6.42. The molecule has 6 nitrogen and oxygen atoms in total. The highest BCUT2D eigenvalue weighted by atomic mass is 35.5. The maximum absolute atomic E-state index is 11.8. The minimum Gasteiger partial charge on any atom is -0.462 e. The predicted octanol–water partition coefficient (Wildman–Crippen LogP) is 2.44. The number of anilines is 1. The van der Waals surface area contributed by atoms with E-state index in [-0.39, 0.29) is 33.6 Å². The van der Waals surface area contributed by atoms with E-state index in [1.165, 1.54) is 12.1 Å². The first-order valence-corrected chi connectivity index (χ1v) is 6.44. The molecule has 2 aromatic rings. The predicted molar refractivity (Wildman–Crippen MR) is 77.2 cm³/mol. The summed E-state index contributed by atoms with van der Waals surface area (Å²) >= 11 is 11.8. The fourth-order valence-corrected chi connectivity index (χ4v) is 2.07. The second kappa shape index (κ2) is 5.60. The van der Waals surface area contributed by atoms with Crippen LogP contribution >= 0.6 is 23.2 Å². The van der Waals surface area contributed by atoms with Crippen molar-refractivity contribution in [2.45, 2.75) is 6.92 Å². The molecular formula is C12H11Cl2N3O3. The van der Waals surface area contributed by atoms with Crippen molar-refractivity contribution in [1.82, 2.24) is 10.2 Å². The van der Waals surface area contributed by atoms with Gasteiger partial charge in [-0.05, 0) is 19.1 Å². The van der Waals surface area contributed by atoms with E-state index in [2.05, 4.69) is 10.2 Å². The van der Waals surface area contributed by atoms with Gasteiger partial charge in [-0.25, -0.2) is 4.79 Å². The number of hydrogen-bond donors (Lipinski definition) is 3. The van der Waals surface area contributed by atoms with E-state index in [9.17, 15) is 9.59 Å². The van der Waals surface area contributed by atoms with Crippen LogP contribution in [0.25, 0.3) is 11.3 Å². The second-order valence-corrected chi connectivity index (χ2v) is 4.72. The molecule has 0 aliphatic rings. The second-order valence-electron chi connectivity index (χ2n) is 3.90. The average molecular weight is 316 g/mol. The third-order valence-electron chi connectivity index (χ3n) is 2.62. The molecule has 1 heterocycles. The van der Waals surface area contributed by atoms with E-state index >= 15 is 0 Å². The molecule has 8 heteroatoms. The molecule has 2 rings (SSSR count). The first kappa shape index (κ1) is 14.5. The Hall–Kier alpha value is -1.92. The van der Waals surface area contributed by atoms with Crippen LogP contribution in [-0.4, -0.2) is 22.8 Å². The van der Waals surface area contributed by atoms with Crippen LogP contribution < -0.4 is 11.3 Å². The van der Waals surface area contributed by atoms with Crippen LogP contribution in [0.15, 0.2) is 16.9 Å². The molecule has 0 bridgehead atoms. The monoisotopic (exact) mass is 315 g/mol. The average Bonchev–Trinajstić information content (AvgIpc) is 2.76. The summed E-state index contributed by atoms with van der Waals surface area (Å²) in [5.74, 6) is -0.740. The van der Waals surface area contributed by atoms with Crippen LogP contribution in [0.1, 0.15) is 17.3 Å². The third kappa shape index (κ3) is 2.52. The molecular weight excluding hydrogens is 305 g/mol. The topological polar surface area (TPSA) is 101 Å². The van der Waals surface area contributed by atoms with Crippen molar-refractivity contribution in [3.63, 3.8) is 0 Å². The SMILES string of the molecule is CCOC(=O)c1c(-c2cc(Cl)c(Cl)cc2N)[nH][nH]c1=O. The van der Waals surface area contributed by atoms with Gasteiger partial charge in [0, 0.05) is 11.3 Å². The number of aromatic amines is 2. The van der Waals surface area contributed by atoms with Gasteiger partial charge in [0.1, 0.15) is 0 Å². The molecule has 0 aliphatic carbocycles. The number of carbonyl (C=O) groups excluding carboxylic acids is 1. The zero-order valence-electron chi connectivity index (χ0n) is 10.4. The van der Waals surface area contributed by atoms with Crippen molar-refractivity contribution in [3.8, 4) is 11.3 Å². The number of ether oxygens (including phenoxy) is 1. The van der Waals surface area contributed by atoms with E-state index in [1.807, 2.05) is 0 Å². The molecule has 0 saturated carbocycles. The fourth-order valence-electron chi connectivity index (χ4n) is 1.74. The summed E-state index contributed by atoms with van der Waals surface area (Å²) in [6.07, 6.45) is 0. The molecule has 0 saturated heterocycles. The summed E-state index contributed by atoms with van der Waals surface area (Å²) in [5.41, 5.74) is 5.97. The zero-order valence-corrected chi connectivity index (χ0v) is 11.9. The van der Waals surface area contributed by atoms with Crippen molar-refractivity contribution >= 4 is 34.9 Å². The van der Waals surface area contributed by atoms with Gasteiger partial charge in [0.25, 0.3) is 5.56 Å². The number of nitrogens with one attached hydrogen (secondary N) is 2. The molecule has 0 atom stereocenters. The van der Waals surface area contributed by atoms with Gasteiger partial charge in [0.05, 0.1) is 22.3 Å². The van der Waals surface area contributed by atoms with E-state index in [0.717, 1.165) is 0 Å². The summed E-state index contributed by atoms with van der Waals surface area (Å²) < 4.78 is 4.84. The van der Waals surface area contributed by atoms with E-state index < -0.39 is 11.5 Å². The zero-order chi connectivity index (χ0) is 14.9. The lowest BCUT2D eigenvalue weighted by atomic mass is 10.1. The number of nitrogens with two attached hydrogens (primary N) is 1. The molecule has 0 spiro atoms. The van der Waals surface area contributed by atoms with Crippen LogP contribution in [0.3, 0.4) is 0 Å². The Bertz CT molecular complexity index is 721. The fraction of sp³-hybridized carbons (Fsp3) is 0.167. The smallest absolute Gasteiger partial charge is 0.346 e. The Morgan fingerprint density at radius 1 is 1.30 bits per heavy atom. The van der Waals surface area contributed by atoms with Gasteiger partial charge in [-0.15, -0.1) is 0 Å². The van der Waals surface area contributed by atoms with Crippen LogP contribution in [0.2, 0.25) is 10.0 Å². The number of benzene rings is 1. The highest BCUT2D eigenvalue weighted by Gasteiger charge is 2.22. The van der Waals surface area contributed by atoms with E-state index in [4.69, 9.17) is 33.7 Å². The number of rotatable bonds is 3. The summed E-state index contributed by atoms with van der Waals surface area (Å²) in [6.45, 7) is 1.80. The number of aromatic nitrogens is 2. The minimum atomic E-state index is -0.740. The highest BCUT2D eigenvalue weighted by Crippen LogP contribution is 2.33. The van der Waals surface area contributed by atoms with Crippen molar-refractivity contribution in [2.75, 3.05) is 12.3 Å². The number of halogens is 2. The molecule has 0 amide bonds. The third-order valence-corrected chi connectivity index (χ3v) is 3.34. The lowest BCUT2D eigenvalue weighted by Gasteiger charge is -2.07.